The van der Waals surface area contributed by atoms with Gasteiger partial charge < -0.3 is 15.5 Å². The molecule has 0 unspecified atom stereocenters. The van der Waals surface area contributed by atoms with Gasteiger partial charge in [0.25, 0.3) is 0 Å². The molecule has 1 aromatic rings. The molecule has 1 amide bonds. The van der Waals surface area contributed by atoms with Crippen molar-refractivity contribution in [2.45, 2.75) is 25.4 Å². The summed E-state index contributed by atoms with van der Waals surface area (Å²) < 4.78 is 1.58. The van der Waals surface area contributed by atoms with Crippen LogP contribution in [0.15, 0.2) is 18.5 Å². The molecule has 0 aliphatic rings. The summed E-state index contributed by atoms with van der Waals surface area (Å²) in [6, 6.07) is 0.703. The molecule has 94 valence electrons. The van der Waals surface area contributed by atoms with Gasteiger partial charge in [-0.1, -0.05) is 0 Å². The predicted molar refractivity (Wildman–Crippen MR) is 58.1 cm³/mol. The zero-order valence-electron chi connectivity index (χ0n) is 9.24. The number of rotatable bonds is 7. The molecule has 1 rings (SSSR count). The Morgan fingerprint density at radius 2 is 2.24 bits per heavy atom. The quantitative estimate of drug-likeness (QED) is 0.581. The fourth-order valence-electron chi connectivity index (χ4n) is 1.30. The molecule has 1 heterocycles. The fraction of sp³-hybridized carbons (Fsp3) is 0.500. The molecule has 0 saturated carbocycles. The number of carboxylic acid groups (broad SMARTS) is 1. The van der Waals surface area contributed by atoms with E-state index in [0.29, 0.717) is 6.54 Å². The minimum atomic E-state index is -1.15. The Morgan fingerprint density at radius 1 is 1.47 bits per heavy atom. The van der Waals surface area contributed by atoms with Crippen LogP contribution in [0.25, 0.3) is 0 Å². The van der Waals surface area contributed by atoms with Gasteiger partial charge in [-0.05, 0) is 6.07 Å². The summed E-state index contributed by atoms with van der Waals surface area (Å²) in [5, 5.41) is 23.7. The topological polar surface area (TPSA) is 104 Å². The molecular formula is C10H15N3O4. The highest BCUT2D eigenvalue weighted by Gasteiger charge is 2.18. The van der Waals surface area contributed by atoms with Gasteiger partial charge in [-0.15, -0.1) is 0 Å². The number of aliphatic carboxylic acids is 1. The zero-order chi connectivity index (χ0) is 12.7. The monoisotopic (exact) mass is 241 g/mol. The van der Waals surface area contributed by atoms with Crippen molar-refractivity contribution >= 4 is 11.9 Å². The first kappa shape index (κ1) is 13.2. The first-order valence-electron chi connectivity index (χ1n) is 5.24. The number of hydrogen-bond acceptors (Lipinski definition) is 4. The zero-order valence-corrected chi connectivity index (χ0v) is 9.24. The van der Waals surface area contributed by atoms with Crippen LogP contribution in [0.1, 0.15) is 12.8 Å². The van der Waals surface area contributed by atoms with Crippen LogP contribution in [0, 0.1) is 0 Å². The Labute approximate surface area is 98.1 Å². The van der Waals surface area contributed by atoms with Crippen LogP contribution in [-0.4, -0.2) is 44.5 Å². The maximum absolute atomic E-state index is 11.4. The van der Waals surface area contributed by atoms with E-state index in [1.807, 2.05) is 0 Å². The molecule has 7 nitrogen and oxygen atoms in total. The number of amides is 1. The Morgan fingerprint density at radius 3 is 2.76 bits per heavy atom. The summed E-state index contributed by atoms with van der Waals surface area (Å²) in [4.78, 5) is 22.1. The Hall–Kier alpha value is -1.89. The third-order valence-electron chi connectivity index (χ3n) is 2.18. The lowest BCUT2D eigenvalue weighted by Gasteiger charge is -2.12. The van der Waals surface area contributed by atoms with Gasteiger partial charge in [0, 0.05) is 38.4 Å². The van der Waals surface area contributed by atoms with Crippen LogP contribution in [0.5, 0.6) is 0 Å². The maximum atomic E-state index is 11.4. The van der Waals surface area contributed by atoms with E-state index in [2.05, 4.69) is 10.4 Å². The van der Waals surface area contributed by atoms with E-state index in [0.717, 1.165) is 0 Å². The summed E-state index contributed by atoms with van der Waals surface area (Å²) in [7, 11) is 0. The van der Waals surface area contributed by atoms with Crippen molar-refractivity contribution in [3.05, 3.63) is 18.5 Å². The molecule has 3 N–H and O–H groups in total. The predicted octanol–water partition coefficient (Wildman–Crippen LogP) is -0.775. The van der Waals surface area contributed by atoms with Crippen molar-refractivity contribution in [3.63, 3.8) is 0 Å². The van der Waals surface area contributed by atoms with Crippen molar-refractivity contribution in [2.24, 2.45) is 0 Å². The highest BCUT2D eigenvalue weighted by molar-refractivity contribution is 5.83. The van der Waals surface area contributed by atoms with Gasteiger partial charge in [0.15, 0.2) is 0 Å². The number of carboxylic acids is 1. The van der Waals surface area contributed by atoms with Gasteiger partial charge in [-0.3, -0.25) is 9.48 Å². The first-order valence-corrected chi connectivity index (χ1v) is 5.24. The second-order valence-corrected chi connectivity index (χ2v) is 3.49. The van der Waals surface area contributed by atoms with Crippen molar-refractivity contribution in [1.29, 1.82) is 0 Å². The van der Waals surface area contributed by atoms with E-state index < -0.39 is 12.0 Å². The van der Waals surface area contributed by atoms with Gasteiger partial charge in [0.05, 0.1) is 0 Å². The van der Waals surface area contributed by atoms with Crippen molar-refractivity contribution in [3.8, 4) is 0 Å². The van der Waals surface area contributed by atoms with Gasteiger partial charge in [0.1, 0.15) is 6.04 Å². The minimum Gasteiger partial charge on any atom is -0.480 e. The minimum absolute atomic E-state index is 0.00282. The number of hydrogen-bond donors (Lipinski definition) is 3. The molecule has 1 atom stereocenters. The summed E-state index contributed by atoms with van der Waals surface area (Å²) in [6.07, 6.45) is 3.47. The van der Waals surface area contributed by atoms with E-state index >= 15 is 0 Å². The summed E-state index contributed by atoms with van der Waals surface area (Å²) in [5.74, 6) is -1.52. The molecule has 17 heavy (non-hydrogen) atoms. The highest BCUT2D eigenvalue weighted by Crippen LogP contribution is 1.95. The summed E-state index contributed by atoms with van der Waals surface area (Å²) >= 11 is 0. The Bertz CT molecular complexity index is 364. The smallest absolute Gasteiger partial charge is 0.326 e. The van der Waals surface area contributed by atoms with Crippen molar-refractivity contribution in [1.82, 2.24) is 15.1 Å². The number of nitrogens with zero attached hydrogens (tertiary/aromatic N) is 2. The average Bonchev–Trinajstić information content (AvgIpc) is 2.78. The lowest BCUT2D eigenvalue weighted by molar-refractivity contribution is -0.142. The Balaban J connectivity index is 2.34. The summed E-state index contributed by atoms with van der Waals surface area (Å²) in [6.45, 7) is 0.112. The largest absolute Gasteiger partial charge is 0.480 e. The SMILES string of the molecule is O=C(CCn1cccn1)N[C@@H](CCO)C(=O)O. The molecule has 0 radical (unpaired) electrons. The number of aromatic nitrogens is 2. The van der Waals surface area contributed by atoms with Crippen molar-refractivity contribution in [2.75, 3.05) is 6.61 Å². The van der Waals surface area contributed by atoms with E-state index in [1.54, 1.807) is 23.1 Å². The number of nitrogens with one attached hydrogen (secondary N) is 1. The number of carbonyl (C=O) groups excluding carboxylic acids is 1. The van der Waals surface area contributed by atoms with Crippen LogP contribution in [-0.2, 0) is 16.1 Å². The molecule has 0 saturated heterocycles. The van der Waals surface area contributed by atoms with Gasteiger partial charge in [-0.25, -0.2) is 4.79 Å². The second-order valence-electron chi connectivity index (χ2n) is 3.49. The standard InChI is InChI=1S/C10H15N3O4/c14-7-3-8(10(16)17)12-9(15)2-6-13-5-1-4-11-13/h1,4-5,8,14H,2-3,6-7H2,(H,12,15)(H,16,17)/t8-/m0/s1. The van der Waals surface area contributed by atoms with Crippen LogP contribution >= 0.6 is 0 Å². The van der Waals surface area contributed by atoms with Crippen LogP contribution in [0.3, 0.4) is 0 Å². The fourth-order valence-corrected chi connectivity index (χ4v) is 1.30. The van der Waals surface area contributed by atoms with Gasteiger partial charge in [-0.2, -0.15) is 5.10 Å². The summed E-state index contributed by atoms with van der Waals surface area (Å²) in [5.41, 5.74) is 0. The molecule has 0 aliphatic heterocycles. The molecule has 7 heteroatoms. The van der Waals surface area contributed by atoms with Crippen LogP contribution in [0.4, 0.5) is 0 Å². The highest BCUT2D eigenvalue weighted by atomic mass is 16.4. The maximum Gasteiger partial charge on any atom is 0.326 e. The number of aryl methyl sites for hydroxylation is 1. The lowest BCUT2D eigenvalue weighted by atomic mass is 10.2. The number of carbonyl (C=O) groups is 2. The average molecular weight is 241 g/mol. The molecule has 0 fully saturated rings. The second kappa shape index (κ2) is 6.64. The molecule has 0 aromatic carbocycles. The third-order valence-corrected chi connectivity index (χ3v) is 2.18. The van der Waals surface area contributed by atoms with Crippen LogP contribution < -0.4 is 5.32 Å². The normalized spacial score (nSPS) is 12.1. The van der Waals surface area contributed by atoms with E-state index in [-0.39, 0.29) is 25.4 Å². The molecule has 1 aromatic heterocycles. The van der Waals surface area contributed by atoms with E-state index in [4.69, 9.17) is 10.2 Å². The van der Waals surface area contributed by atoms with Gasteiger partial charge in [0.2, 0.25) is 5.91 Å². The first-order chi connectivity index (χ1) is 8.13. The molecule has 0 bridgehead atoms. The number of aliphatic hydroxyl groups is 1. The molecule has 0 spiro atoms. The molecule has 0 aliphatic carbocycles. The van der Waals surface area contributed by atoms with Gasteiger partial charge >= 0.3 is 5.97 Å². The third kappa shape index (κ3) is 4.64. The molecular weight excluding hydrogens is 226 g/mol. The lowest BCUT2D eigenvalue weighted by Crippen LogP contribution is -2.41. The Kier molecular flexibility index (Phi) is 5.15. The number of aliphatic hydroxyl groups excluding tert-OH is 1. The van der Waals surface area contributed by atoms with Crippen molar-refractivity contribution < 1.29 is 19.8 Å². The van der Waals surface area contributed by atoms with E-state index in [1.165, 1.54) is 0 Å². The van der Waals surface area contributed by atoms with Crippen LogP contribution in [0.2, 0.25) is 0 Å². The van der Waals surface area contributed by atoms with E-state index in [9.17, 15) is 9.59 Å².